The molecule has 1 aromatic rings. The number of hydrazine groups is 1. The lowest BCUT2D eigenvalue weighted by Gasteiger charge is -2.23. The third-order valence-corrected chi connectivity index (χ3v) is 3.73. The van der Waals surface area contributed by atoms with Gasteiger partial charge in [-0.25, -0.2) is 5.43 Å². The molecule has 1 aliphatic heterocycles. The predicted octanol–water partition coefficient (Wildman–Crippen LogP) is 0.897. The first kappa shape index (κ1) is 12.2. The van der Waals surface area contributed by atoms with Crippen LogP contribution in [-0.2, 0) is 22.4 Å². The van der Waals surface area contributed by atoms with Gasteiger partial charge < -0.3 is 5.32 Å². The molecule has 0 saturated carbocycles. The summed E-state index contributed by atoms with van der Waals surface area (Å²) < 4.78 is 0. The smallest absolute Gasteiger partial charge is 0.243 e. The first-order chi connectivity index (χ1) is 9.22. The molecule has 0 aromatic heterocycles. The first-order valence-corrected chi connectivity index (χ1v) is 6.69. The molecular weight excluding hydrogens is 242 g/mol. The second-order valence-corrected chi connectivity index (χ2v) is 5.11. The molecule has 2 aliphatic rings. The summed E-state index contributed by atoms with van der Waals surface area (Å²) in [5, 5.41) is 2.90. The standard InChI is InChI=1S/C14H17N3O2/c18-13-7-6-12(16-17-13)14(19)15-11-5-4-9-2-1-3-10(9)8-11/h4-5,8,12,16H,1-3,6-7H2,(H,15,19)(H,17,18). The Labute approximate surface area is 111 Å². The molecule has 1 heterocycles. The quantitative estimate of drug-likeness (QED) is 0.739. The predicted molar refractivity (Wildman–Crippen MR) is 71.4 cm³/mol. The molecule has 0 spiro atoms. The van der Waals surface area contributed by atoms with Gasteiger partial charge in [0.2, 0.25) is 11.8 Å². The number of rotatable bonds is 2. The Morgan fingerprint density at radius 2 is 2.05 bits per heavy atom. The van der Waals surface area contributed by atoms with Crippen molar-refractivity contribution in [1.29, 1.82) is 0 Å². The van der Waals surface area contributed by atoms with Crippen LogP contribution >= 0.6 is 0 Å². The summed E-state index contributed by atoms with van der Waals surface area (Å²) in [6.45, 7) is 0. The summed E-state index contributed by atoms with van der Waals surface area (Å²) in [7, 11) is 0. The van der Waals surface area contributed by atoms with E-state index in [0.717, 1.165) is 18.5 Å². The van der Waals surface area contributed by atoms with Gasteiger partial charge in [0.1, 0.15) is 6.04 Å². The molecule has 1 fully saturated rings. The van der Waals surface area contributed by atoms with Crippen molar-refractivity contribution in [2.24, 2.45) is 0 Å². The van der Waals surface area contributed by atoms with Gasteiger partial charge in [0.05, 0.1) is 0 Å². The number of hydrogen-bond acceptors (Lipinski definition) is 3. The highest BCUT2D eigenvalue weighted by Crippen LogP contribution is 2.25. The molecule has 2 amide bonds. The van der Waals surface area contributed by atoms with Gasteiger partial charge in [0.25, 0.3) is 0 Å². The monoisotopic (exact) mass is 259 g/mol. The van der Waals surface area contributed by atoms with Gasteiger partial charge in [0, 0.05) is 12.1 Å². The number of amides is 2. The molecule has 19 heavy (non-hydrogen) atoms. The first-order valence-electron chi connectivity index (χ1n) is 6.69. The van der Waals surface area contributed by atoms with Crippen LogP contribution in [0.4, 0.5) is 5.69 Å². The minimum Gasteiger partial charge on any atom is -0.325 e. The Bertz CT molecular complexity index is 517. The maximum Gasteiger partial charge on any atom is 0.243 e. The molecule has 1 aliphatic carbocycles. The van der Waals surface area contributed by atoms with Gasteiger partial charge >= 0.3 is 0 Å². The number of fused-ring (bicyclic) bond motifs is 1. The summed E-state index contributed by atoms with van der Waals surface area (Å²) in [4.78, 5) is 23.1. The van der Waals surface area contributed by atoms with Crippen LogP contribution in [0.3, 0.4) is 0 Å². The minimum absolute atomic E-state index is 0.0680. The summed E-state index contributed by atoms with van der Waals surface area (Å²) in [5.41, 5.74) is 8.78. The Morgan fingerprint density at radius 3 is 2.84 bits per heavy atom. The van der Waals surface area contributed by atoms with E-state index in [2.05, 4.69) is 28.3 Å². The Morgan fingerprint density at radius 1 is 1.21 bits per heavy atom. The van der Waals surface area contributed by atoms with E-state index < -0.39 is 0 Å². The van der Waals surface area contributed by atoms with Crippen LogP contribution in [0.15, 0.2) is 18.2 Å². The van der Waals surface area contributed by atoms with Crippen LogP contribution in [0.2, 0.25) is 0 Å². The lowest BCUT2D eigenvalue weighted by molar-refractivity contribution is -0.126. The fraction of sp³-hybridized carbons (Fsp3) is 0.429. The summed E-state index contributed by atoms with van der Waals surface area (Å²) in [5.74, 6) is -0.167. The van der Waals surface area contributed by atoms with Gasteiger partial charge in [-0.05, 0) is 48.9 Å². The van der Waals surface area contributed by atoms with Crippen LogP contribution in [0.25, 0.3) is 0 Å². The van der Waals surface area contributed by atoms with Crippen LogP contribution in [0.5, 0.6) is 0 Å². The second kappa shape index (κ2) is 5.01. The maximum absolute atomic E-state index is 12.0. The molecule has 0 bridgehead atoms. The molecule has 1 atom stereocenters. The van der Waals surface area contributed by atoms with Gasteiger partial charge in [-0.3, -0.25) is 15.0 Å². The molecule has 1 aromatic carbocycles. The lowest BCUT2D eigenvalue weighted by Crippen LogP contribution is -2.54. The number of carbonyl (C=O) groups is 2. The topological polar surface area (TPSA) is 70.2 Å². The van der Waals surface area contributed by atoms with E-state index in [4.69, 9.17) is 0 Å². The van der Waals surface area contributed by atoms with Crippen molar-refractivity contribution in [2.75, 3.05) is 5.32 Å². The zero-order chi connectivity index (χ0) is 13.2. The van der Waals surface area contributed by atoms with Crippen LogP contribution in [0, 0.1) is 0 Å². The Balaban J connectivity index is 1.64. The fourth-order valence-corrected chi connectivity index (χ4v) is 2.65. The van der Waals surface area contributed by atoms with Gasteiger partial charge in [-0.1, -0.05) is 6.07 Å². The molecule has 5 nitrogen and oxygen atoms in total. The van der Waals surface area contributed by atoms with Gasteiger partial charge in [-0.15, -0.1) is 0 Å². The van der Waals surface area contributed by atoms with E-state index in [-0.39, 0.29) is 17.9 Å². The van der Waals surface area contributed by atoms with E-state index >= 15 is 0 Å². The molecule has 1 unspecified atom stereocenters. The van der Waals surface area contributed by atoms with E-state index in [1.165, 1.54) is 17.5 Å². The van der Waals surface area contributed by atoms with Crippen LogP contribution in [-0.4, -0.2) is 17.9 Å². The average Bonchev–Trinajstić information content (AvgIpc) is 2.87. The molecule has 0 radical (unpaired) electrons. The average molecular weight is 259 g/mol. The van der Waals surface area contributed by atoms with Crippen molar-refractivity contribution in [1.82, 2.24) is 10.9 Å². The molecule has 3 rings (SSSR count). The third-order valence-electron chi connectivity index (χ3n) is 3.73. The highest BCUT2D eigenvalue weighted by Gasteiger charge is 2.24. The van der Waals surface area contributed by atoms with Crippen molar-refractivity contribution in [3.05, 3.63) is 29.3 Å². The van der Waals surface area contributed by atoms with Crippen LogP contribution in [0.1, 0.15) is 30.4 Å². The molecule has 1 saturated heterocycles. The van der Waals surface area contributed by atoms with Crippen molar-refractivity contribution in [3.63, 3.8) is 0 Å². The number of benzene rings is 1. The number of nitrogens with one attached hydrogen (secondary N) is 3. The van der Waals surface area contributed by atoms with E-state index in [1.54, 1.807) is 0 Å². The Hall–Kier alpha value is -1.88. The van der Waals surface area contributed by atoms with Crippen LogP contribution < -0.4 is 16.2 Å². The van der Waals surface area contributed by atoms with E-state index in [1.807, 2.05) is 6.07 Å². The molecular formula is C14H17N3O2. The normalized spacial score (nSPS) is 21.7. The minimum atomic E-state index is -0.356. The maximum atomic E-state index is 12.0. The second-order valence-electron chi connectivity index (χ2n) is 5.11. The SMILES string of the molecule is O=C1CCC(C(=O)Nc2ccc3c(c2)CCC3)NN1. The van der Waals surface area contributed by atoms with Crippen molar-refractivity contribution < 1.29 is 9.59 Å². The summed E-state index contributed by atoms with van der Waals surface area (Å²) in [6, 6.07) is 5.74. The largest absolute Gasteiger partial charge is 0.325 e. The number of anilines is 1. The fourth-order valence-electron chi connectivity index (χ4n) is 2.65. The molecule has 5 heteroatoms. The summed E-state index contributed by atoms with van der Waals surface area (Å²) in [6.07, 6.45) is 4.34. The highest BCUT2D eigenvalue weighted by atomic mass is 16.2. The number of hydrogen-bond donors (Lipinski definition) is 3. The van der Waals surface area contributed by atoms with Gasteiger partial charge in [-0.2, -0.15) is 0 Å². The zero-order valence-electron chi connectivity index (χ0n) is 10.7. The van der Waals surface area contributed by atoms with Crippen molar-refractivity contribution >= 4 is 17.5 Å². The Kier molecular flexibility index (Phi) is 3.21. The summed E-state index contributed by atoms with van der Waals surface area (Å²) >= 11 is 0. The molecule has 3 N–H and O–H groups in total. The number of carbonyl (C=O) groups excluding carboxylic acids is 2. The number of aryl methyl sites for hydroxylation is 2. The lowest BCUT2D eigenvalue weighted by atomic mass is 10.1. The van der Waals surface area contributed by atoms with E-state index in [0.29, 0.717) is 12.8 Å². The van der Waals surface area contributed by atoms with Crippen molar-refractivity contribution in [2.45, 2.75) is 38.1 Å². The molecule has 100 valence electrons. The third kappa shape index (κ3) is 2.61. The van der Waals surface area contributed by atoms with E-state index in [9.17, 15) is 9.59 Å². The van der Waals surface area contributed by atoms with Gasteiger partial charge in [0.15, 0.2) is 0 Å². The zero-order valence-corrected chi connectivity index (χ0v) is 10.7. The highest BCUT2D eigenvalue weighted by molar-refractivity contribution is 5.96. The van der Waals surface area contributed by atoms with Crippen molar-refractivity contribution in [3.8, 4) is 0 Å².